The van der Waals surface area contributed by atoms with E-state index in [4.69, 9.17) is 11.6 Å². The van der Waals surface area contributed by atoms with Crippen molar-refractivity contribution in [2.75, 3.05) is 0 Å². The maximum Gasteiger partial charge on any atom is 0.227 e. The molecule has 0 aliphatic heterocycles. The Kier molecular flexibility index (Phi) is 3.48. The van der Waals surface area contributed by atoms with Gasteiger partial charge in [0.2, 0.25) is 12.3 Å². The zero-order valence-electron chi connectivity index (χ0n) is 10.8. The van der Waals surface area contributed by atoms with Crippen molar-refractivity contribution < 1.29 is 9.36 Å². The average Bonchev–Trinajstić information content (AvgIpc) is 2.49. The number of benzene rings is 2. The summed E-state index contributed by atoms with van der Waals surface area (Å²) in [5, 5.41) is 2.72. The second kappa shape index (κ2) is 5.43. The minimum Gasteiger partial charge on any atom is -0.287 e. The van der Waals surface area contributed by atoms with Crippen LogP contribution >= 0.6 is 11.6 Å². The van der Waals surface area contributed by atoms with E-state index in [1.807, 2.05) is 71.6 Å². The first-order valence-electron chi connectivity index (χ1n) is 6.39. The normalized spacial score (nSPS) is 10.7. The molecule has 98 valence electrons. The fourth-order valence-corrected chi connectivity index (χ4v) is 2.43. The van der Waals surface area contributed by atoms with Gasteiger partial charge < -0.3 is 0 Å². The summed E-state index contributed by atoms with van der Waals surface area (Å²) in [4.78, 5) is 12.2. The molecule has 0 radical (unpaired) electrons. The molecule has 0 aliphatic rings. The number of hydrogen-bond acceptors (Lipinski definition) is 1. The van der Waals surface area contributed by atoms with Gasteiger partial charge in [-0.1, -0.05) is 54.1 Å². The molecule has 0 bridgehead atoms. The van der Waals surface area contributed by atoms with Crippen LogP contribution in [-0.2, 0) is 6.54 Å². The fraction of sp³-hybridized carbons (Fsp3) is 0.0588. The molecule has 3 aromatic rings. The highest BCUT2D eigenvalue weighted by Gasteiger charge is 2.12. The van der Waals surface area contributed by atoms with Crippen LogP contribution in [0, 0.1) is 0 Å². The molecule has 0 atom stereocenters. The molecule has 0 aliphatic carbocycles. The summed E-state index contributed by atoms with van der Waals surface area (Å²) in [6.45, 7) is 0.311. The summed E-state index contributed by atoms with van der Waals surface area (Å²) in [5.74, 6) is 0.0852. The summed E-state index contributed by atoms with van der Waals surface area (Å²) in [6.07, 6.45) is 3.82. The average molecular weight is 283 g/mol. The first kappa shape index (κ1) is 12.8. The van der Waals surface area contributed by atoms with Gasteiger partial charge in [0.15, 0.2) is 12.4 Å². The van der Waals surface area contributed by atoms with Gasteiger partial charge in [-0.2, -0.15) is 4.57 Å². The third-order valence-electron chi connectivity index (χ3n) is 3.25. The molecule has 1 aromatic heterocycles. The van der Waals surface area contributed by atoms with Gasteiger partial charge in [-0.15, -0.1) is 0 Å². The van der Waals surface area contributed by atoms with E-state index < -0.39 is 0 Å². The Morgan fingerprint density at radius 1 is 1.00 bits per heavy atom. The summed E-state index contributed by atoms with van der Waals surface area (Å²) < 4.78 is 1.86. The van der Waals surface area contributed by atoms with Crippen LogP contribution in [0.1, 0.15) is 10.4 Å². The summed E-state index contributed by atoms with van der Waals surface area (Å²) in [7, 11) is 0. The molecule has 0 N–H and O–H groups in total. The van der Waals surface area contributed by atoms with Crippen LogP contribution in [0.15, 0.2) is 67.0 Å². The van der Waals surface area contributed by atoms with E-state index in [0.29, 0.717) is 11.6 Å². The van der Waals surface area contributed by atoms with Crippen LogP contribution in [0.3, 0.4) is 0 Å². The molecular weight excluding hydrogens is 270 g/mol. The molecule has 2 nitrogen and oxygen atoms in total. The molecule has 20 heavy (non-hydrogen) atoms. The fourth-order valence-electron chi connectivity index (χ4n) is 2.20. The molecule has 0 unspecified atom stereocenters. The van der Waals surface area contributed by atoms with Crippen LogP contribution in [-0.4, -0.2) is 5.78 Å². The van der Waals surface area contributed by atoms with Gasteiger partial charge in [0.05, 0.1) is 10.4 Å². The Morgan fingerprint density at radius 3 is 2.60 bits per heavy atom. The van der Waals surface area contributed by atoms with Gasteiger partial charge in [0, 0.05) is 11.6 Å². The van der Waals surface area contributed by atoms with Gasteiger partial charge >= 0.3 is 0 Å². The Morgan fingerprint density at radius 2 is 1.80 bits per heavy atom. The van der Waals surface area contributed by atoms with Gasteiger partial charge in [0.25, 0.3) is 0 Å². The highest BCUT2D eigenvalue weighted by atomic mass is 35.5. The van der Waals surface area contributed by atoms with E-state index in [-0.39, 0.29) is 5.78 Å². The number of fused-ring (bicyclic) bond motifs is 1. The minimum absolute atomic E-state index is 0.0852. The van der Waals surface area contributed by atoms with E-state index >= 15 is 0 Å². The number of rotatable bonds is 3. The SMILES string of the molecule is O=C(C[n+]1ccc2cccc(Cl)c2c1)c1ccccc1. The van der Waals surface area contributed by atoms with Crippen molar-refractivity contribution in [2.45, 2.75) is 6.54 Å². The number of ketones is 1. The number of carbonyl (C=O) groups excluding carboxylic acids is 1. The number of nitrogens with zero attached hydrogens (tertiary/aromatic N) is 1. The van der Waals surface area contributed by atoms with E-state index in [2.05, 4.69) is 0 Å². The number of carbonyl (C=O) groups is 1. The first-order valence-corrected chi connectivity index (χ1v) is 6.77. The molecule has 3 heteroatoms. The predicted molar refractivity (Wildman–Crippen MR) is 79.9 cm³/mol. The number of aromatic nitrogens is 1. The lowest BCUT2D eigenvalue weighted by molar-refractivity contribution is -0.681. The topological polar surface area (TPSA) is 20.9 Å². The molecule has 2 aromatic carbocycles. The van der Waals surface area contributed by atoms with E-state index in [0.717, 1.165) is 16.3 Å². The van der Waals surface area contributed by atoms with Crippen molar-refractivity contribution in [1.29, 1.82) is 0 Å². The molecule has 3 rings (SSSR count). The molecule has 0 fully saturated rings. The van der Waals surface area contributed by atoms with Gasteiger partial charge in [0.1, 0.15) is 0 Å². The zero-order chi connectivity index (χ0) is 13.9. The molecule has 1 heterocycles. The lowest BCUT2D eigenvalue weighted by atomic mass is 10.1. The Hall–Kier alpha value is -2.19. The van der Waals surface area contributed by atoms with Crippen LogP contribution in [0.2, 0.25) is 5.02 Å². The largest absolute Gasteiger partial charge is 0.287 e. The maximum atomic E-state index is 12.2. The standard InChI is InChI=1S/C17H13ClNO/c18-16-8-4-7-13-9-10-19(11-15(13)16)12-17(20)14-5-2-1-3-6-14/h1-11H,12H2/q+1. The smallest absolute Gasteiger partial charge is 0.227 e. The molecule has 0 amide bonds. The van der Waals surface area contributed by atoms with Crippen molar-refractivity contribution in [3.63, 3.8) is 0 Å². The van der Waals surface area contributed by atoms with Crippen molar-refractivity contribution in [3.05, 3.63) is 77.6 Å². The first-order chi connectivity index (χ1) is 9.74. The van der Waals surface area contributed by atoms with Gasteiger partial charge in [-0.05, 0) is 11.5 Å². The third kappa shape index (κ3) is 2.56. The second-order valence-corrected chi connectivity index (χ2v) is 5.06. The second-order valence-electron chi connectivity index (χ2n) is 4.65. The summed E-state index contributed by atoms with van der Waals surface area (Å²) >= 11 is 6.18. The van der Waals surface area contributed by atoms with E-state index in [9.17, 15) is 4.79 Å². The quantitative estimate of drug-likeness (QED) is 0.530. The van der Waals surface area contributed by atoms with Crippen molar-refractivity contribution in [2.24, 2.45) is 0 Å². The number of hydrogen-bond donors (Lipinski definition) is 0. The van der Waals surface area contributed by atoms with Crippen LogP contribution in [0.5, 0.6) is 0 Å². The van der Waals surface area contributed by atoms with Crippen molar-refractivity contribution in [1.82, 2.24) is 0 Å². The van der Waals surface area contributed by atoms with Crippen molar-refractivity contribution in [3.8, 4) is 0 Å². The highest BCUT2D eigenvalue weighted by molar-refractivity contribution is 6.35. The third-order valence-corrected chi connectivity index (χ3v) is 3.58. The molecule has 0 saturated carbocycles. The Bertz CT molecular complexity index is 768. The van der Waals surface area contributed by atoms with Gasteiger partial charge in [-0.3, -0.25) is 4.79 Å². The predicted octanol–water partition coefficient (Wildman–Crippen LogP) is 3.66. The highest BCUT2D eigenvalue weighted by Crippen LogP contribution is 2.21. The van der Waals surface area contributed by atoms with Crippen LogP contribution in [0.4, 0.5) is 0 Å². The molecular formula is C17H13ClNO+. The molecule has 0 saturated heterocycles. The van der Waals surface area contributed by atoms with E-state index in [1.54, 1.807) is 0 Å². The zero-order valence-corrected chi connectivity index (χ0v) is 11.5. The number of halogens is 1. The maximum absolute atomic E-state index is 12.2. The Balaban J connectivity index is 1.92. The summed E-state index contributed by atoms with van der Waals surface area (Å²) in [5.41, 5.74) is 0.722. The minimum atomic E-state index is 0.0852. The Labute approximate surface area is 122 Å². The lowest BCUT2D eigenvalue weighted by Gasteiger charge is -2.01. The summed E-state index contributed by atoms with van der Waals surface area (Å²) in [6, 6.07) is 17.1. The number of Topliss-reactive ketones (excluding diaryl/α,β-unsaturated/α-hetero) is 1. The lowest BCUT2D eigenvalue weighted by Crippen LogP contribution is -2.37. The van der Waals surface area contributed by atoms with Crippen molar-refractivity contribution >= 4 is 28.2 Å². The van der Waals surface area contributed by atoms with Crippen LogP contribution < -0.4 is 4.57 Å². The van der Waals surface area contributed by atoms with E-state index in [1.165, 1.54) is 0 Å². The number of pyridine rings is 1. The monoisotopic (exact) mass is 282 g/mol. The van der Waals surface area contributed by atoms with Gasteiger partial charge in [-0.25, -0.2) is 0 Å². The molecule has 0 spiro atoms. The van der Waals surface area contributed by atoms with Crippen LogP contribution in [0.25, 0.3) is 10.8 Å².